The minimum absolute atomic E-state index is 0.174. The monoisotopic (exact) mass is 272 g/mol. The quantitative estimate of drug-likeness (QED) is 0.879. The molecule has 0 saturated heterocycles. The van der Waals surface area contributed by atoms with Crippen LogP contribution in [0.4, 0.5) is 0 Å². The Bertz CT molecular complexity index is 608. The van der Waals surface area contributed by atoms with Crippen molar-refractivity contribution in [1.82, 2.24) is 10.3 Å². The molecule has 4 nitrogen and oxygen atoms in total. The van der Waals surface area contributed by atoms with E-state index in [1.165, 1.54) is 0 Å². The largest absolute Gasteiger partial charge is 0.388 e. The van der Waals surface area contributed by atoms with Crippen LogP contribution >= 0.6 is 0 Å². The molecule has 1 aromatic heterocycles. The molecule has 0 saturated carbocycles. The van der Waals surface area contributed by atoms with Gasteiger partial charge in [-0.05, 0) is 37.6 Å². The molecule has 1 heterocycles. The number of pyridine rings is 1. The Balaban J connectivity index is 2.08. The molecule has 1 atom stereocenters. The number of amides is 1. The number of nitrogens with zero attached hydrogens (tertiary/aromatic N) is 1. The van der Waals surface area contributed by atoms with Crippen LogP contribution in [0.2, 0.25) is 0 Å². The van der Waals surface area contributed by atoms with Gasteiger partial charge in [0, 0.05) is 23.7 Å². The molecule has 0 aliphatic carbocycles. The van der Waals surface area contributed by atoms with Crippen LogP contribution in [0, 0.1) is 0 Å². The zero-order chi connectivity index (χ0) is 14.6. The number of aromatic nitrogens is 1. The van der Waals surface area contributed by atoms with Gasteiger partial charge in [0.15, 0.2) is 0 Å². The Morgan fingerprint density at radius 1 is 1.40 bits per heavy atom. The first-order chi connectivity index (χ1) is 9.52. The lowest BCUT2D eigenvalue weighted by atomic mass is 10.0. The van der Waals surface area contributed by atoms with Crippen molar-refractivity contribution in [2.75, 3.05) is 6.54 Å². The normalized spacial score (nSPS) is 13.9. The topological polar surface area (TPSA) is 62.2 Å². The van der Waals surface area contributed by atoms with Crippen LogP contribution in [-0.2, 0) is 0 Å². The Morgan fingerprint density at radius 3 is 2.95 bits per heavy atom. The third-order valence-corrected chi connectivity index (χ3v) is 3.28. The molecule has 0 radical (unpaired) electrons. The first-order valence-electron chi connectivity index (χ1n) is 6.87. The molecule has 1 aromatic carbocycles. The first-order valence-corrected chi connectivity index (χ1v) is 6.87. The van der Waals surface area contributed by atoms with E-state index in [4.69, 9.17) is 0 Å². The van der Waals surface area contributed by atoms with E-state index in [-0.39, 0.29) is 12.5 Å². The molecule has 2 N–H and O–H groups in total. The summed E-state index contributed by atoms with van der Waals surface area (Å²) in [5, 5.41) is 13.8. The van der Waals surface area contributed by atoms with Gasteiger partial charge in [-0.1, -0.05) is 19.4 Å². The number of carbonyl (C=O) groups is 1. The Hall–Kier alpha value is -1.94. The van der Waals surface area contributed by atoms with Gasteiger partial charge in [0.1, 0.15) is 0 Å². The maximum atomic E-state index is 12.1. The van der Waals surface area contributed by atoms with Gasteiger partial charge in [0.2, 0.25) is 0 Å². The van der Waals surface area contributed by atoms with E-state index in [9.17, 15) is 9.90 Å². The van der Waals surface area contributed by atoms with Crippen molar-refractivity contribution in [3.63, 3.8) is 0 Å². The third-order valence-electron chi connectivity index (χ3n) is 3.28. The molecule has 1 unspecified atom stereocenters. The molecule has 0 aliphatic rings. The van der Waals surface area contributed by atoms with E-state index in [0.29, 0.717) is 12.0 Å². The fraction of sp³-hybridized carbons (Fsp3) is 0.375. The van der Waals surface area contributed by atoms with Gasteiger partial charge in [-0.2, -0.15) is 0 Å². The van der Waals surface area contributed by atoms with E-state index >= 15 is 0 Å². The van der Waals surface area contributed by atoms with Gasteiger partial charge in [-0.25, -0.2) is 0 Å². The smallest absolute Gasteiger partial charge is 0.251 e. The molecular formula is C16H20N2O2. The van der Waals surface area contributed by atoms with E-state index in [2.05, 4.69) is 10.3 Å². The Labute approximate surface area is 118 Å². The minimum Gasteiger partial charge on any atom is -0.388 e. The summed E-state index contributed by atoms with van der Waals surface area (Å²) in [6.45, 7) is 4.00. The zero-order valence-corrected chi connectivity index (χ0v) is 11.9. The fourth-order valence-corrected chi connectivity index (χ4v) is 2.22. The van der Waals surface area contributed by atoms with E-state index in [1.807, 2.05) is 31.2 Å². The average Bonchev–Trinajstić information content (AvgIpc) is 2.44. The highest BCUT2D eigenvalue weighted by molar-refractivity contribution is 5.97. The minimum atomic E-state index is -0.858. The SMILES string of the molecule is CCCC(C)(O)CNC(=O)c1ccc2ncccc2c1. The molecule has 106 valence electrons. The van der Waals surface area contributed by atoms with Crippen molar-refractivity contribution in [3.8, 4) is 0 Å². The molecule has 2 rings (SSSR count). The number of hydrogen-bond donors (Lipinski definition) is 2. The number of nitrogens with one attached hydrogen (secondary N) is 1. The molecule has 0 spiro atoms. The molecule has 20 heavy (non-hydrogen) atoms. The van der Waals surface area contributed by atoms with E-state index in [1.54, 1.807) is 19.2 Å². The number of fused-ring (bicyclic) bond motifs is 1. The Morgan fingerprint density at radius 2 is 2.20 bits per heavy atom. The van der Waals surface area contributed by atoms with Gasteiger partial charge in [0.25, 0.3) is 5.91 Å². The van der Waals surface area contributed by atoms with Crippen molar-refractivity contribution >= 4 is 16.8 Å². The standard InChI is InChI=1S/C16H20N2O2/c1-3-8-16(2,20)11-18-15(19)13-6-7-14-12(10-13)5-4-9-17-14/h4-7,9-10,20H,3,8,11H2,1-2H3,(H,18,19). The summed E-state index contributed by atoms with van der Waals surface area (Å²) in [6.07, 6.45) is 3.27. The maximum absolute atomic E-state index is 12.1. The van der Waals surface area contributed by atoms with Crippen LogP contribution < -0.4 is 5.32 Å². The van der Waals surface area contributed by atoms with Gasteiger partial charge in [0.05, 0.1) is 11.1 Å². The number of aliphatic hydroxyl groups is 1. The highest BCUT2D eigenvalue weighted by atomic mass is 16.3. The van der Waals surface area contributed by atoms with Crippen molar-refractivity contribution in [1.29, 1.82) is 0 Å². The van der Waals surface area contributed by atoms with Crippen molar-refractivity contribution in [2.45, 2.75) is 32.3 Å². The van der Waals surface area contributed by atoms with Crippen LogP contribution in [0.3, 0.4) is 0 Å². The van der Waals surface area contributed by atoms with Crippen LogP contribution in [-0.4, -0.2) is 28.1 Å². The second-order valence-electron chi connectivity index (χ2n) is 5.34. The summed E-state index contributed by atoms with van der Waals surface area (Å²) in [7, 11) is 0. The van der Waals surface area contributed by atoms with Crippen LogP contribution in [0.25, 0.3) is 10.9 Å². The molecule has 4 heteroatoms. The van der Waals surface area contributed by atoms with Crippen molar-refractivity contribution < 1.29 is 9.90 Å². The molecule has 0 fully saturated rings. The van der Waals surface area contributed by atoms with Crippen LogP contribution in [0.5, 0.6) is 0 Å². The summed E-state index contributed by atoms with van der Waals surface area (Å²) < 4.78 is 0. The van der Waals surface area contributed by atoms with Gasteiger partial charge < -0.3 is 10.4 Å². The van der Waals surface area contributed by atoms with E-state index in [0.717, 1.165) is 17.3 Å². The predicted octanol–water partition coefficient (Wildman–Crippen LogP) is 2.52. The summed E-state index contributed by atoms with van der Waals surface area (Å²) >= 11 is 0. The summed E-state index contributed by atoms with van der Waals surface area (Å²) in [5.74, 6) is -0.174. The second-order valence-corrected chi connectivity index (χ2v) is 5.34. The van der Waals surface area contributed by atoms with Gasteiger partial charge in [-0.3, -0.25) is 9.78 Å². The van der Waals surface area contributed by atoms with Gasteiger partial charge >= 0.3 is 0 Å². The Kier molecular flexibility index (Phi) is 4.35. The molecule has 0 bridgehead atoms. The predicted molar refractivity (Wildman–Crippen MR) is 79.6 cm³/mol. The van der Waals surface area contributed by atoms with E-state index < -0.39 is 5.60 Å². The summed E-state index contributed by atoms with van der Waals surface area (Å²) in [6, 6.07) is 9.16. The van der Waals surface area contributed by atoms with Crippen molar-refractivity contribution in [3.05, 3.63) is 42.1 Å². The molecular weight excluding hydrogens is 252 g/mol. The molecule has 1 amide bonds. The lowest BCUT2D eigenvalue weighted by Gasteiger charge is -2.22. The molecule has 2 aromatic rings. The lowest BCUT2D eigenvalue weighted by Crippen LogP contribution is -2.40. The zero-order valence-electron chi connectivity index (χ0n) is 11.9. The first kappa shape index (κ1) is 14.5. The summed E-state index contributed by atoms with van der Waals surface area (Å²) in [4.78, 5) is 16.3. The lowest BCUT2D eigenvalue weighted by molar-refractivity contribution is 0.0469. The molecule has 0 aliphatic heterocycles. The van der Waals surface area contributed by atoms with Crippen LogP contribution in [0.15, 0.2) is 36.5 Å². The van der Waals surface area contributed by atoms with Crippen LogP contribution in [0.1, 0.15) is 37.0 Å². The van der Waals surface area contributed by atoms with Gasteiger partial charge in [-0.15, -0.1) is 0 Å². The number of rotatable bonds is 5. The number of carbonyl (C=O) groups excluding carboxylic acids is 1. The highest BCUT2D eigenvalue weighted by Gasteiger charge is 2.20. The fourth-order valence-electron chi connectivity index (χ4n) is 2.22. The number of benzene rings is 1. The third kappa shape index (κ3) is 3.54. The average molecular weight is 272 g/mol. The number of hydrogen-bond acceptors (Lipinski definition) is 3. The van der Waals surface area contributed by atoms with Crippen molar-refractivity contribution in [2.24, 2.45) is 0 Å². The highest BCUT2D eigenvalue weighted by Crippen LogP contribution is 2.14. The second kappa shape index (κ2) is 6.01. The maximum Gasteiger partial charge on any atom is 0.251 e. The summed E-state index contributed by atoms with van der Waals surface area (Å²) in [5.41, 5.74) is 0.586.